The molecule has 98 valence electrons. The van der Waals surface area contributed by atoms with Crippen LogP contribution in [0, 0.1) is 0 Å². The van der Waals surface area contributed by atoms with Gasteiger partial charge in [-0.3, -0.25) is 4.79 Å². The van der Waals surface area contributed by atoms with Gasteiger partial charge in [0.2, 0.25) is 0 Å². The molecule has 2 N–H and O–H groups in total. The molecule has 1 aromatic carbocycles. The number of nitrogens with two attached hydrogens (primary N) is 1. The van der Waals surface area contributed by atoms with E-state index in [4.69, 9.17) is 22.1 Å². The van der Waals surface area contributed by atoms with Crippen molar-refractivity contribution in [1.82, 2.24) is 4.90 Å². The standard InChI is InChI=1S/C13H17ClN2O2/c14-11-5-4-10(15)8-12(11)18-9-13(17)16-6-2-1-3-7-16/h4-5,8H,1-3,6-7,9,15H2. The molecule has 1 saturated heterocycles. The Morgan fingerprint density at radius 2 is 2.06 bits per heavy atom. The van der Waals surface area contributed by atoms with Gasteiger partial charge < -0.3 is 15.4 Å². The number of halogens is 1. The number of hydrogen-bond acceptors (Lipinski definition) is 3. The van der Waals surface area contributed by atoms with Crippen LogP contribution in [0.1, 0.15) is 19.3 Å². The predicted octanol–water partition coefficient (Wildman–Crippen LogP) is 2.31. The Kier molecular flexibility index (Phi) is 4.31. The molecule has 1 aliphatic rings. The van der Waals surface area contributed by atoms with Gasteiger partial charge in [-0.25, -0.2) is 0 Å². The van der Waals surface area contributed by atoms with Crippen molar-refractivity contribution < 1.29 is 9.53 Å². The summed E-state index contributed by atoms with van der Waals surface area (Å²) in [5.74, 6) is 0.468. The van der Waals surface area contributed by atoms with Gasteiger partial charge in [-0.2, -0.15) is 0 Å². The summed E-state index contributed by atoms with van der Waals surface area (Å²) in [7, 11) is 0. The molecule has 0 bridgehead atoms. The van der Waals surface area contributed by atoms with Crippen molar-refractivity contribution in [3.05, 3.63) is 23.2 Å². The number of nitrogen functional groups attached to an aromatic ring is 1. The van der Waals surface area contributed by atoms with Crippen LogP contribution in [0.3, 0.4) is 0 Å². The SMILES string of the molecule is Nc1ccc(Cl)c(OCC(=O)N2CCCCC2)c1. The van der Waals surface area contributed by atoms with E-state index in [1.54, 1.807) is 18.2 Å². The number of anilines is 1. The molecule has 1 amide bonds. The second-order valence-corrected chi connectivity index (χ2v) is 4.83. The van der Waals surface area contributed by atoms with Crippen LogP contribution < -0.4 is 10.5 Å². The van der Waals surface area contributed by atoms with Gasteiger partial charge in [0, 0.05) is 24.8 Å². The number of nitrogens with zero attached hydrogens (tertiary/aromatic N) is 1. The summed E-state index contributed by atoms with van der Waals surface area (Å²) in [6.45, 7) is 1.67. The number of likely N-dealkylation sites (tertiary alicyclic amines) is 1. The third-order valence-corrected chi connectivity index (χ3v) is 3.33. The Morgan fingerprint density at radius 1 is 1.33 bits per heavy atom. The fourth-order valence-electron chi connectivity index (χ4n) is 2.00. The lowest BCUT2D eigenvalue weighted by molar-refractivity contribution is -0.134. The Balaban J connectivity index is 1.90. The van der Waals surface area contributed by atoms with Crippen molar-refractivity contribution in [2.45, 2.75) is 19.3 Å². The monoisotopic (exact) mass is 268 g/mol. The molecule has 4 nitrogen and oxygen atoms in total. The molecule has 0 aromatic heterocycles. The van der Waals surface area contributed by atoms with E-state index < -0.39 is 0 Å². The molecule has 0 atom stereocenters. The summed E-state index contributed by atoms with van der Waals surface area (Å²) >= 11 is 5.96. The first kappa shape index (κ1) is 13.0. The van der Waals surface area contributed by atoms with Crippen LogP contribution in [0.2, 0.25) is 5.02 Å². The molecule has 1 aromatic rings. The van der Waals surface area contributed by atoms with E-state index in [-0.39, 0.29) is 12.5 Å². The molecular weight excluding hydrogens is 252 g/mol. The van der Waals surface area contributed by atoms with Gasteiger partial charge in [0.15, 0.2) is 6.61 Å². The van der Waals surface area contributed by atoms with E-state index in [1.165, 1.54) is 6.42 Å². The number of piperidine rings is 1. The molecule has 0 radical (unpaired) electrons. The number of benzene rings is 1. The van der Waals surface area contributed by atoms with Crippen LogP contribution in [0.25, 0.3) is 0 Å². The maximum Gasteiger partial charge on any atom is 0.260 e. The minimum atomic E-state index is 0.00758. The molecule has 0 spiro atoms. The number of rotatable bonds is 3. The van der Waals surface area contributed by atoms with Gasteiger partial charge in [-0.05, 0) is 31.4 Å². The highest BCUT2D eigenvalue weighted by Crippen LogP contribution is 2.26. The first-order valence-electron chi connectivity index (χ1n) is 6.12. The van der Waals surface area contributed by atoms with Crippen LogP contribution in [0.15, 0.2) is 18.2 Å². The first-order chi connectivity index (χ1) is 8.66. The van der Waals surface area contributed by atoms with Crippen molar-refractivity contribution in [1.29, 1.82) is 0 Å². The molecule has 1 fully saturated rings. The fourth-order valence-corrected chi connectivity index (χ4v) is 2.18. The highest BCUT2D eigenvalue weighted by Gasteiger charge is 2.17. The van der Waals surface area contributed by atoms with Gasteiger partial charge in [-0.15, -0.1) is 0 Å². The largest absolute Gasteiger partial charge is 0.482 e. The van der Waals surface area contributed by atoms with Gasteiger partial charge in [0.25, 0.3) is 5.91 Å². The number of hydrogen-bond donors (Lipinski definition) is 1. The summed E-state index contributed by atoms with van der Waals surface area (Å²) in [5, 5.41) is 0.468. The zero-order valence-electron chi connectivity index (χ0n) is 10.2. The Morgan fingerprint density at radius 3 is 2.78 bits per heavy atom. The van der Waals surface area contributed by atoms with E-state index in [0.29, 0.717) is 16.5 Å². The molecule has 0 saturated carbocycles. The fraction of sp³-hybridized carbons (Fsp3) is 0.462. The Bertz CT molecular complexity index is 431. The highest BCUT2D eigenvalue weighted by atomic mass is 35.5. The molecule has 5 heteroatoms. The maximum atomic E-state index is 11.9. The summed E-state index contributed by atoms with van der Waals surface area (Å²) in [6.07, 6.45) is 3.35. The Hall–Kier alpha value is -1.42. The van der Waals surface area contributed by atoms with E-state index >= 15 is 0 Å². The normalized spacial score (nSPS) is 15.5. The number of amides is 1. The third kappa shape index (κ3) is 3.29. The second-order valence-electron chi connectivity index (χ2n) is 4.42. The van der Waals surface area contributed by atoms with Crippen molar-refractivity contribution in [2.75, 3.05) is 25.4 Å². The van der Waals surface area contributed by atoms with Crippen LogP contribution in [-0.4, -0.2) is 30.5 Å². The van der Waals surface area contributed by atoms with Gasteiger partial charge in [0.1, 0.15) is 5.75 Å². The lowest BCUT2D eigenvalue weighted by Crippen LogP contribution is -2.38. The van der Waals surface area contributed by atoms with Crippen molar-refractivity contribution >= 4 is 23.2 Å². The molecule has 1 heterocycles. The van der Waals surface area contributed by atoms with Crippen molar-refractivity contribution in [3.63, 3.8) is 0 Å². The average molecular weight is 269 g/mol. The molecule has 2 rings (SSSR count). The van der Waals surface area contributed by atoms with E-state index in [2.05, 4.69) is 0 Å². The maximum absolute atomic E-state index is 11.9. The van der Waals surface area contributed by atoms with E-state index in [1.807, 2.05) is 4.90 Å². The van der Waals surface area contributed by atoms with Crippen LogP contribution in [-0.2, 0) is 4.79 Å². The lowest BCUT2D eigenvalue weighted by atomic mass is 10.1. The minimum absolute atomic E-state index is 0.00758. The van der Waals surface area contributed by atoms with Crippen LogP contribution >= 0.6 is 11.6 Å². The zero-order valence-corrected chi connectivity index (χ0v) is 10.9. The second kappa shape index (κ2) is 5.96. The summed E-state index contributed by atoms with van der Waals surface area (Å²) in [4.78, 5) is 13.7. The smallest absolute Gasteiger partial charge is 0.260 e. The summed E-state index contributed by atoms with van der Waals surface area (Å²) in [6, 6.07) is 4.99. The van der Waals surface area contributed by atoms with E-state index in [0.717, 1.165) is 25.9 Å². The van der Waals surface area contributed by atoms with Gasteiger partial charge >= 0.3 is 0 Å². The van der Waals surface area contributed by atoms with Crippen molar-refractivity contribution in [3.8, 4) is 5.75 Å². The van der Waals surface area contributed by atoms with E-state index in [9.17, 15) is 4.79 Å². The summed E-state index contributed by atoms with van der Waals surface area (Å²) < 4.78 is 5.43. The molecule has 0 unspecified atom stereocenters. The lowest BCUT2D eigenvalue weighted by Gasteiger charge is -2.26. The molecule has 18 heavy (non-hydrogen) atoms. The minimum Gasteiger partial charge on any atom is -0.482 e. The third-order valence-electron chi connectivity index (χ3n) is 3.02. The highest BCUT2D eigenvalue weighted by molar-refractivity contribution is 6.32. The topological polar surface area (TPSA) is 55.6 Å². The average Bonchev–Trinajstić information content (AvgIpc) is 2.40. The van der Waals surface area contributed by atoms with Gasteiger partial charge in [-0.1, -0.05) is 11.6 Å². The number of ether oxygens (including phenoxy) is 1. The number of carbonyl (C=O) groups excluding carboxylic acids is 1. The van der Waals surface area contributed by atoms with Crippen LogP contribution in [0.5, 0.6) is 5.75 Å². The summed E-state index contributed by atoms with van der Waals surface area (Å²) in [5.41, 5.74) is 6.21. The van der Waals surface area contributed by atoms with Gasteiger partial charge in [0.05, 0.1) is 5.02 Å². The quantitative estimate of drug-likeness (QED) is 0.856. The number of carbonyl (C=O) groups is 1. The zero-order chi connectivity index (χ0) is 13.0. The van der Waals surface area contributed by atoms with Crippen LogP contribution in [0.4, 0.5) is 5.69 Å². The first-order valence-corrected chi connectivity index (χ1v) is 6.50. The Labute approximate surface area is 112 Å². The molecule has 0 aliphatic carbocycles. The molecule has 1 aliphatic heterocycles. The predicted molar refractivity (Wildman–Crippen MR) is 71.8 cm³/mol. The van der Waals surface area contributed by atoms with Crippen molar-refractivity contribution in [2.24, 2.45) is 0 Å². The molecular formula is C13H17ClN2O2.